The van der Waals surface area contributed by atoms with Crippen LogP contribution in [0.15, 0.2) is 35.6 Å². The van der Waals surface area contributed by atoms with Crippen LogP contribution in [0.1, 0.15) is 10.4 Å². The highest BCUT2D eigenvalue weighted by molar-refractivity contribution is 7.19. The maximum absolute atomic E-state index is 12.2. The van der Waals surface area contributed by atoms with E-state index in [2.05, 4.69) is 15.5 Å². The smallest absolute Gasteiger partial charge is 0.259 e. The highest BCUT2D eigenvalue weighted by Gasteiger charge is 2.14. The zero-order valence-electron chi connectivity index (χ0n) is 10.5. The number of carbonyl (C=O) groups excluding carboxylic acids is 1. The van der Waals surface area contributed by atoms with E-state index in [4.69, 9.17) is 0 Å². The first-order chi connectivity index (χ1) is 9.11. The number of nitroso groups, excluding NO2 is 1. The number of hydrogen-bond donors (Lipinski definition) is 1. The molecule has 0 radical (unpaired) electrons. The molecule has 0 unspecified atom stereocenters. The van der Waals surface area contributed by atoms with Crippen LogP contribution < -0.4 is 10.2 Å². The fourth-order valence-electron chi connectivity index (χ4n) is 1.59. The van der Waals surface area contributed by atoms with Crippen molar-refractivity contribution >= 4 is 33.1 Å². The van der Waals surface area contributed by atoms with Crippen LogP contribution in [-0.4, -0.2) is 25.0 Å². The lowest BCUT2D eigenvalue weighted by Crippen LogP contribution is -2.18. The van der Waals surface area contributed by atoms with E-state index in [1.807, 2.05) is 31.1 Å². The normalized spacial score (nSPS) is 10.0. The molecule has 1 aromatic heterocycles. The number of thiazole rings is 1. The molecule has 0 aliphatic carbocycles. The molecule has 0 spiro atoms. The Morgan fingerprint density at radius 1 is 1.37 bits per heavy atom. The van der Waals surface area contributed by atoms with Crippen molar-refractivity contribution in [1.82, 2.24) is 4.98 Å². The Kier molecular flexibility index (Phi) is 3.86. The summed E-state index contributed by atoms with van der Waals surface area (Å²) in [7, 11) is 3.73. The zero-order valence-corrected chi connectivity index (χ0v) is 11.3. The summed E-state index contributed by atoms with van der Waals surface area (Å²) in [5.41, 5.74) is 1.36. The van der Waals surface area contributed by atoms with E-state index in [-0.39, 0.29) is 10.9 Å². The van der Waals surface area contributed by atoms with Gasteiger partial charge in [-0.05, 0) is 17.3 Å². The van der Waals surface area contributed by atoms with E-state index in [0.717, 1.165) is 17.0 Å². The molecule has 0 atom stereocenters. The summed E-state index contributed by atoms with van der Waals surface area (Å²) >= 11 is 1.03. The van der Waals surface area contributed by atoms with Crippen molar-refractivity contribution in [2.24, 2.45) is 5.18 Å². The molecule has 7 heteroatoms. The molecule has 1 amide bonds. The third kappa shape index (κ3) is 2.94. The average molecular weight is 276 g/mol. The Labute approximate surface area is 114 Å². The summed E-state index contributed by atoms with van der Waals surface area (Å²) in [4.78, 5) is 28.2. The predicted molar refractivity (Wildman–Crippen MR) is 76.3 cm³/mol. The molecule has 6 nitrogen and oxygen atoms in total. The number of nitrogens with zero attached hydrogens (tertiary/aromatic N) is 3. The molecule has 1 heterocycles. The summed E-state index contributed by atoms with van der Waals surface area (Å²) < 4.78 is 0. The largest absolute Gasteiger partial charge is 0.377 e. The van der Waals surface area contributed by atoms with Gasteiger partial charge in [0.25, 0.3) is 5.91 Å². The molecule has 98 valence electrons. The summed E-state index contributed by atoms with van der Waals surface area (Å²) in [5, 5.41) is 6.00. The minimum Gasteiger partial charge on any atom is -0.377 e. The Morgan fingerprint density at radius 2 is 2.11 bits per heavy atom. The average Bonchev–Trinajstić information content (AvgIpc) is 2.86. The number of nitrogens with one attached hydrogen (secondary N) is 1. The Morgan fingerprint density at radius 3 is 2.74 bits per heavy atom. The quantitative estimate of drug-likeness (QED) is 0.871. The summed E-state index contributed by atoms with van der Waals surface area (Å²) in [6.07, 6.45) is 1.32. The molecule has 0 bridgehead atoms. The van der Waals surface area contributed by atoms with E-state index in [1.54, 1.807) is 12.1 Å². The predicted octanol–water partition coefficient (Wildman–Crippen LogP) is 2.86. The van der Waals surface area contributed by atoms with Crippen LogP contribution in [0.25, 0.3) is 0 Å². The number of rotatable bonds is 4. The van der Waals surface area contributed by atoms with Crippen LogP contribution >= 0.6 is 11.3 Å². The molecule has 19 heavy (non-hydrogen) atoms. The number of carbonyl (C=O) groups is 1. The van der Waals surface area contributed by atoms with Crippen molar-refractivity contribution in [1.29, 1.82) is 0 Å². The maximum Gasteiger partial charge on any atom is 0.259 e. The minimum atomic E-state index is -0.268. The van der Waals surface area contributed by atoms with Gasteiger partial charge in [-0.3, -0.25) is 10.1 Å². The third-order valence-corrected chi connectivity index (χ3v) is 3.22. The van der Waals surface area contributed by atoms with Crippen molar-refractivity contribution in [3.05, 3.63) is 40.9 Å². The second kappa shape index (κ2) is 5.57. The lowest BCUT2D eigenvalue weighted by molar-refractivity contribution is 0.102. The van der Waals surface area contributed by atoms with Gasteiger partial charge in [-0.15, -0.1) is 4.91 Å². The number of benzene rings is 1. The first-order valence-corrected chi connectivity index (χ1v) is 6.30. The first kappa shape index (κ1) is 13.2. The number of amides is 1. The molecule has 0 saturated carbocycles. The maximum atomic E-state index is 12.2. The van der Waals surface area contributed by atoms with E-state index in [0.29, 0.717) is 10.7 Å². The van der Waals surface area contributed by atoms with Crippen LogP contribution in [-0.2, 0) is 0 Å². The van der Waals surface area contributed by atoms with Gasteiger partial charge < -0.3 is 4.90 Å². The number of hydrogen-bond acceptors (Lipinski definition) is 6. The number of para-hydroxylation sites is 1. The molecule has 0 saturated heterocycles. The second-order valence-corrected chi connectivity index (χ2v) is 4.97. The SMILES string of the molecule is CN(C)c1ccccc1C(=O)Nc1ncc(N=O)s1. The van der Waals surface area contributed by atoms with E-state index in [9.17, 15) is 9.70 Å². The molecule has 2 rings (SSSR count). The topological polar surface area (TPSA) is 74.7 Å². The Bertz CT molecular complexity index is 609. The van der Waals surface area contributed by atoms with Crippen molar-refractivity contribution in [3.8, 4) is 0 Å². The van der Waals surface area contributed by atoms with Crippen LogP contribution in [0.3, 0.4) is 0 Å². The molecule has 0 aliphatic heterocycles. The van der Waals surface area contributed by atoms with E-state index >= 15 is 0 Å². The molecule has 0 fully saturated rings. The highest BCUT2D eigenvalue weighted by Crippen LogP contribution is 2.26. The minimum absolute atomic E-state index is 0.233. The fourth-order valence-corrected chi connectivity index (χ4v) is 2.18. The monoisotopic (exact) mass is 276 g/mol. The second-order valence-electron chi connectivity index (χ2n) is 3.96. The Balaban J connectivity index is 2.22. The lowest BCUT2D eigenvalue weighted by Gasteiger charge is -2.16. The van der Waals surface area contributed by atoms with Gasteiger partial charge in [-0.1, -0.05) is 23.5 Å². The third-order valence-electron chi connectivity index (χ3n) is 2.43. The van der Waals surface area contributed by atoms with Crippen molar-refractivity contribution in [3.63, 3.8) is 0 Å². The van der Waals surface area contributed by atoms with Gasteiger partial charge in [0.15, 0.2) is 10.1 Å². The van der Waals surface area contributed by atoms with Crippen LogP contribution in [0.4, 0.5) is 15.8 Å². The van der Waals surface area contributed by atoms with Gasteiger partial charge in [0.2, 0.25) is 0 Å². The molecule has 1 aromatic carbocycles. The lowest BCUT2D eigenvalue weighted by atomic mass is 10.1. The van der Waals surface area contributed by atoms with E-state index in [1.165, 1.54) is 6.20 Å². The Hall–Kier alpha value is -2.28. The van der Waals surface area contributed by atoms with Gasteiger partial charge in [-0.25, -0.2) is 4.98 Å². The number of aromatic nitrogens is 1. The van der Waals surface area contributed by atoms with Gasteiger partial charge >= 0.3 is 0 Å². The fraction of sp³-hybridized carbons (Fsp3) is 0.167. The van der Waals surface area contributed by atoms with Crippen molar-refractivity contribution in [2.45, 2.75) is 0 Å². The molecule has 2 aromatic rings. The molecule has 1 N–H and O–H groups in total. The standard InChI is InChI=1S/C12H12N4O2S/c1-16(2)9-6-4-3-5-8(9)11(17)14-12-13-7-10(15-18)19-12/h3-7H,1-2H3,(H,13,14,17). The van der Waals surface area contributed by atoms with Gasteiger partial charge in [-0.2, -0.15) is 0 Å². The van der Waals surface area contributed by atoms with Gasteiger partial charge in [0, 0.05) is 19.8 Å². The van der Waals surface area contributed by atoms with E-state index < -0.39 is 0 Å². The van der Waals surface area contributed by atoms with Crippen LogP contribution in [0.5, 0.6) is 0 Å². The zero-order chi connectivity index (χ0) is 13.8. The summed E-state index contributed by atoms with van der Waals surface area (Å²) in [6.45, 7) is 0. The van der Waals surface area contributed by atoms with Crippen LogP contribution in [0.2, 0.25) is 0 Å². The summed E-state index contributed by atoms with van der Waals surface area (Å²) in [6, 6.07) is 7.25. The van der Waals surface area contributed by atoms with Crippen molar-refractivity contribution < 1.29 is 4.79 Å². The highest BCUT2D eigenvalue weighted by atomic mass is 32.1. The van der Waals surface area contributed by atoms with Gasteiger partial charge in [0.1, 0.15) is 0 Å². The summed E-state index contributed by atoms with van der Waals surface area (Å²) in [5.74, 6) is -0.268. The molecular weight excluding hydrogens is 264 g/mol. The van der Waals surface area contributed by atoms with Gasteiger partial charge in [0.05, 0.1) is 11.8 Å². The molecule has 0 aliphatic rings. The van der Waals surface area contributed by atoms with Crippen molar-refractivity contribution in [2.75, 3.05) is 24.3 Å². The number of anilines is 2. The molecular formula is C12H12N4O2S. The first-order valence-electron chi connectivity index (χ1n) is 5.48. The van der Waals surface area contributed by atoms with Crippen LogP contribution in [0, 0.1) is 4.91 Å².